The Morgan fingerprint density at radius 3 is 2.53 bits per heavy atom. The lowest BCUT2D eigenvalue weighted by molar-refractivity contribution is 0.102. The molecule has 2 heterocycles. The van der Waals surface area contributed by atoms with Gasteiger partial charge in [-0.05, 0) is 56.3 Å². The molecule has 1 aromatic heterocycles. The van der Waals surface area contributed by atoms with Crippen molar-refractivity contribution in [2.75, 3.05) is 61.2 Å². The van der Waals surface area contributed by atoms with E-state index in [1.165, 1.54) is 19.0 Å². The van der Waals surface area contributed by atoms with E-state index in [4.69, 9.17) is 16.3 Å². The van der Waals surface area contributed by atoms with Gasteiger partial charge in [-0.1, -0.05) is 17.7 Å². The van der Waals surface area contributed by atoms with Crippen LogP contribution in [0, 0.1) is 0 Å². The topological polar surface area (TPSA) is 94.6 Å². The van der Waals surface area contributed by atoms with Gasteiger partial charge in [0.2, 0.25) is 5.95 Å². The average Bonchev–Trinajstić information content (AvgIpc) is 3.70. The van der Waals surface area contributed by atoms with Crippen molar-refractivity contribution < 1.29 is 9.53 Å². The Hall–Kier alpha value is -3.56. The summed E-state index contributed by atoms with van der Waals surface area (Å²) >= 11 is 6.30. The lowest BCUT2D eigenvalue weighted by atomic mass is 10.2. The van der Waals surface area contributed by atoms with Crippen LogP contribution in [0.5, 0.6) is 5.75 Å². The van der Waals surface area contributed by atoms with Gasteiger partial charge in [0.15, 0.2) is 0 Å². The van der Waals surface area contributed by atoms with E-state index in [1.54, 1.807) is 18.2 Å². The number of carbonyl (C=O) groups is 1. The molecule has 2 aromatic carbocycles. The van der Waals surface area contributed by atoms with Crippen LogP contribution in [0.15, 0.2) is 48.7 Å². The first-order chi connectivity index (χ1) is 17.5. The van der Waals surface area contributed by atoms with E-state index >= 15 is 0 Å². The van der Waals surface area contributed by atoms with Gasteiger partial charge >= 0.3 is 0 Å². The molecular weight excluding hydrogens is 478 g/mol. The smallest absolute Gasteiger partial charge is 0.261 e. The number of halogens is 1. The number of nitrogens with one attached hydrogen (secondary N) is 3. The van der Waals surface area contributed by atoms with E-state index in [2.05, 4.69) is 54.9 Å². The molecule has 0 unspecified atom stereocenters. The second kappa shape index (κ2) is 10.6. The highest BCUT2D eigenvalue weighted by atomic mass is 35.5. The predicted molar refractivity (Wildman–Crippen MR) is 144 cm³/mol. The largest absolute Gasteiger partial charge is 0.495 e. The number of likely N-dealkylation sites (N-methyl/N-ethyl adjacent to an activating group) is 1. The zero-order valence-electron chi connectivity index (χ0n) is 20.4. The SMILES string of the molecule is COc1cccc(Cl)c1NC(=O)c1cnc(Nc2ccc(N3CCN(C)CC3)cc2)nc1NC1CC1. The van der Waals surface area contributed by atoms with E-state index in [1.807, 2.05) is 12.1 Å². The van der Waals surface area contributed by atoms with Gasteiger partial charge < -0.3 is 30.5 Å². The van der Waals surface area contributed by atoms with Gasteiger partial charge in [-0.3, -0.25) is 4.79 Å². The Labute approximate surface area is 215 Å². The molecule has 2 aliphatic rings. The van der Waals surface area contributed by atoms with E-state index in [-0.39, 0.29) is 5.91 Å². The maximum absolute atomic E-state index is 13.2. The molecule has 10 heteroatoms. The second-order valence-corrected chi connectivity index (χ2v) is 9.52. The number of amides is 1. The first-order valence-corrected chi connectivity index (χ1v) is 12.5. The van der Waals surface area contributed by atoms with E-state index in [0.29, 0.717) is 39.8 Å². The summed E-state index contributed by atoms with van der Waals surface area (Å²) in [6.45, 7) is 4.17. The molecule has 0 radical (unpaired) electrons. The molecule has 2 fully saturated rings. The lowest BCUT2D eigenvalue weighted by Gasteiger charge is -2.34. The molecule has 1 aliphatic carbocycles. The third-order valence-electron chi connectivity index (χ3n) is 6.38. The summed E-state index contributed by atoms with van der Waals surface area (Å²) in [5, 5.41) is 9.84. The number of para-hydroxylation sites is 1. The van der Waals surface area contributed by atoms with E-state index < -0.39 is 0 Å². The number of benzene rings is 2. The molecule has 9 nitrogen and oxygen atoms in total. The highest BCUT2D eigenvalue weighted by Crippen LogP contribution is 2.33. The third-order valence-corrected chi connectivity index (χ3v) is 6.69. The highest BCUT2D eigenvalue weighted by molar-refractivity contribution is 6.34. The molecule has 1 aliphatic heterocycles. The maximum Gasteiger partial charge on any atom is 0.261 e. The number of ether oxygens (including phenoxy) is 1. The van der Waals surface area contributed by atoms with E-state index in [0.717, 1.165) is 44.7 Å². The Morgan fingerprint density at radius 1 is 1.08 bits per heavy atom. The summed E-state index contributed by atoms with van der Waals surface area (Å²) < 4.78 is 5.34. The standard InChI is InChI=1S/C26H30ClN7O2/c1-33-12-14-34(15-13-33)19-10-8-18(9-11-19)30-26-28-16-20(24(32-26)29-17-6-7-17)25(35)31-23-21(27)4-3-5-22(23)36-2/h3-5,8-11,16-17H,6-7,12-15H2,1-2H3,(H,31,35)(H2,28,29,30,32). The monoisotopic (exact) mass is 507 g/mol. The summed E-state index contributed by atoms with van der Waals surface area (Å²) in [7, 11) is 3.68. The van der Waals surface area contributed by atoms with Gasteiger partial charge in [0, 0.05) is 49.8 Å². The summed E-state index contributed by atoms with van der Waals surface area (Å²) in [6.07, 6.45) is 3.61. The fourth-order valence-corrected chi connectivity index (χ4v) is 4.28. The van der Waals surface area contributed by atoms with Crippen LogP contribution in [0.3, 0.4) is 0 Å². The third kappa shape index (κ3) is 5.63. The number of nitrogens with zero attached hydrogens (tertiary/aromatic N) is 4. The van der Waals surface area contributed by atoms with Crippen molar-refractivity contribution in [1.82, 2.24) is 14.9 Å². The summed E-state index contributed by atoms with van der Waals surface area (Å²) in [6, 6.07) is 13.8. The average molecular weight is 508 g/mol. The van der Waals surface area contributed by atoms with Crippen LogP contribution in [0.4, 0.5) is 28.8 Å². The van der Waals surface area contributed by atoms with Crippen molar-refractivity contribution >= 4 is 46.3 Å². The minimum absolute atomic E-state index is 0.303. The number of aromatic nitrogens is 2. The zero-order chi connectivity index (χ0) is 25.1. The molecule has 1 amide bonds. The Balaban J connectivity index is 1.32. The summed E-state index contributed by atoms with van der Waals surface area (Å²) in [4.78, 5) is 26.9. The Kier molecular flexibility index (Phi) is 7.11. The minimum Gasteiger partial charge on any atom is -0.495 e. The lowest BCUT2D eigenvalue weighted by Crippen LogP contribution is -2.44. The zero-order valence-corrected chi connectivity index (χ0v) is 21.2. The minimum atomic E-state index is -0.368. The molecule has 5 rings (SSSR count). The molecule has 0 spiro atoms. The number of piperazine rings is 1. The molecule has 1 saturated carbocycles. The van der Waals surface area contributed by atoms with E-state index in [9.17, 15) is 4.79 Å². The number of hydrogen-bond donors (Lipinski definition) is 3. The van der Waals surface area contributed by atoms with Crippen LogP contribution in [0.1, 0.15) is 23.2 Å². The fourth-order valence-electron chi connectivity index (χ4n) is 4.07. The van der Waals surface area contributed by atoms with Gasteiger partial charge in [-0.15, -0.1) is 0 Å². The number of hydrogen-bond acceptors (Lipinski definition) is 8. The normalized spacial score (nSPS) is 15.9. The van der Waals surface area contributed by atoms with Crippen molar-refractivity contribution in [3.05, 3.63) is 59.2 Å². The van der Waals surface area contributed by atoms with Crippen LogP contribution >= 0.6 is 11.6 Å². The molecule has 3 aromatic rings. The van der Waals surface area contributed by atoms with Crippen molar-refractivity contribution in [3.8, 4) is 5.75 Å². The van der Waals surface area contributed by atoms with Crippen molar-refractivity contribution in [2.45, 2.75) is 18.9 Å². The second-order valence-electron chi connectivity index (χ2n) is 9.11. The molecule has 36 heavy (non-hydrogen) atoms. The number of anilines is 5. The maximum atomic E-state index is 13.2. The number of carbonyl (C=O) groups excluding carboxylic acids is 1. The van der Waals surface area contributed by atoms with Gasteiger partial charge in [-0.25, -0.2) is 4.98 Å². The summed E-state index contributed by atoms with van der Waals surface area (Å²) in [5.74, 6) is 1.00. The van der Waals surface area contributed by atoms with Gasteiger partial charge in [0.1, 0.15) is 22.8 Å². The van der Waals surface area contributed by atoms with Crippen LogP contribution in [0.25, 0.3) is 0 Å². The van der Waals surface area contributed by atoms with Gasteiger partial charge in [0.25, 0.3) is 5.91 Å². The van der Waals surface area contributed by atoms with Crippen LogP contribution in [0.2, 0.25) is 5.02 Å². The van der Waals surface area contributed by atoms with Crippen LogP contribution in [-0.2, 0) is 0 Å². The van der Waals surface area contributed by atoms with Crippen molar-refractivity contribution in [2.24, 2.45) is 0 Å². The van der Waals surface area contributed by atoms with Crippen molar-refractivity contribution in [1.29, 1.82) is 0 Å². The molecular formula is C26H30ClN7O2. The molecule has 188 valence electrons. The number of methoxy groups -OCH3 is 1. The summed E-state index contributed by atoms with van der Waals surface area (Å²) in [5.41, 5.74) is 2.82. The fraction of sp³-hybridized carbons (Fsp3) is 0.346. The van der Waals surface area contributed by atoms with Crippen LogP contribution < -0.4 is 25.6 Å². The molecule has 0 atom stereocenters. The first kappa shape index (κ1) is 24.1. The van der Waals surface area contributed by atoms with Gasteiger partial charge in [-0.2, -0.15) is 4.98 Å². The van der Waals surface area contributed by atoms with Crippen LogP contribution in [-0.4, -0.2) is 67.2 Å². The number of rotatable bonds is 8. The predicted octanol–water partition coefficient (Wildman–Crippen LogP) is 4.46. The van der Waals surface area contributed by atoms with Gasteiger partial charge in [0.05, 0.1) is 12.1 Å². The highest BCUT2D eigenvalue weighted by Gasteiger charge is 2.25. The Morgan fingerprint density at radius 2 is 1.83 bits per heavy atom. The molecule has 0 bridgehead atoms. The Bertz CT molecular complexity index is 1230. The first-order valence-electron chi connectivity index (χ1n) is 12.1. The quantitative estimate of drug-likeness (QED) is 0.411. The molecule has 3 N–H and O–H groups in total. The van der Waals surface area contributed by atoms with Crippen molar-refractivity contribution in [3.63, 3.8) is 0 Å². The molecule has 1 saturated heterocycles.